The van der Waals surface area contributed by atoms with Gasteiger partial charge in [0, 0.05) is 22.4 Å². The fourth-order valence-electron chi connectivity index (χ4n) is 3.15. The molecular formula is C30H28O4S. The fourth-order valence-corrected chi connectivity index (χ4v) is 3.56. The van der Waals surface area contributed by atoms with Crippen LogP contribution in [0.1, 0.15) is 47.2 Å². The van der Waals surface area contributed by atoms with Crippen LogP contribution < -0.4 is 9.47 Å². The number of carbonyl (C=O) groups excluding carboxylic acids is 2. The number of rotatable bonds is 11. The molecule has 0 fully saturated rings. The summed E-state index contributed by atoms with van der Waals surface area (Å²) in [7, 11) is 0. The zero-order valence-electron chi connectivity index (χ0n) is 19.8. The third-order valence-corrected chi connectivity index (χ3v) is 5.90. The highest BCUT2D eigenvalue weighted by Gasteiger charge is 2.09. The Hall–Kier alpha value is -3.75. The van der Waals surface area contributed by atoms with Gasteiger partial charge in [0.05, 0.1) is 12.2 Å². The molecule has 3 aromatic rings. The number of hydrogen-bond donors (Lipinski definition) is 0. The van der Waals surface area contributed by atoms with E-state index >= 15 is 0 Å². The summed E-state index contributed by atoms with van der Waals surface area (Å²) in [4.78, 5) is 24.8. The second-order valence-electron chi connectivity index (χ2n) is 7.75. The first kappa shape index (κ1) is 25.9. The van der Waals surface area contributed by atoms with Crippen molar-refractivity contribution >= 4 is 23.5 Å². The highest BCUT2D eigenvalue weighted by atomic mass is 32.2. The van der Waals surface area contributed by atoms with Gasteiger partial charge in [-0.1, -0.05) is 18.4 Å². The molecule has 0 N–H and O–H groups in total. The molecule has 35 heavy (non-hydrogen) atoms. The van der Waals surface area contributed by atoms with Gasteiger partial charge in [0.15, 0.2) is 5.78 Å². The minimum absolute atomic E-state index is 0.0749. The Kier molecular flexibility index (Phi) is 10.2. The monoisotopic (exact) mass is 484 g/mol. The van der Waals surface area contributed by atoms with Crippen molar-refractivity contribution in [2.45, 2.75) is 30.6 Å². The van der Waals surface area contributed by atoms with Crippen molar-refractivity contribution in [2.24, 2.45) is 0 Å². The molecule has 0 aliphatic carbocycles. The predicted molar refractivity (Wildman–Crippen MR) is 141 cm³/mol. The topological polar surface area (TPSA) is 52.6 Å². The van der Waals surface area contributed by atoms with Gasteiger partial charge in [-0.05, 0) is 104 Å². The molecule has 0 aliphatic rings. The Morgan fingerprint density at radius 1 is 0.829 bits per heavy atom. The predicted octanol–water partition coefficient (Wildman–Crippen LogP) is 6.72. The van der Waals surface area contributed by atoms with E-state index in [9.17, 15) is 9.59 Å². The third kappa shape index (κ3) is 8.84. The number of thioether (sulfide) groups is 1. The van der Waals surface area contributed by atoms with Gasteiger partial charge < -0.3 is 9.47 Å². The number of carbonyl (C=O) groups is 2. The van der Waals surface area contributed by atoms with E-state index in [1.807, 2.05) is 42.7 Å². The average Bonchev–Trinajstić information content (AvgIpc) is 2.90. The molecule has 178 valence electrons. The van der Waals surface area contributed by atoms with E-state index in [2.05, 4.69) is 18.4 Å². The average molecular weight is 485 g/mol. The van der Waals surface area contributed by atoms with E-state index in [4.69, 9.17) is 9.47 Å². The number of ketones is 1. The van der Waals surface area contributed by atoms with Crippen LogP contribution >= 0.6 is 11.8 Å². The number of hydrogen-bond acceptors (Lipinski definition) is 5. The van der Waals surface area contributed by atoms with Crippen molar-refractivity contribution in [2.75, 3.05) is 12.9 Å². The van der Waals surface area contributed by atoms with Crippen LogP contribution in [0.4, 0.5) is 0 Å². The summed E-state index contributed by atoms with van der Waals surface area (Å²) in [6.45, 7) is 4.03. The van der Waals surface area contributed by atoms with Gasteiger partial charge in [0.2, 0.25) is 0 Å². The normalized spacial score (nSPS) is 10.1. The summed E-state index contributed by atoms with van der Waals surface area (Å²) in [5.74, 6) is 7.05. The number of ether oxygens (including phenoxy) is 2. The molecule has 0 amide bonds. The lowest BCUT2D eigenvalue weighted by Gasteiger charge is -2.08. The van der Waals surface area contributed by atoms with Crippen LogP contribution in [0, 0.1) is 11.8 Å². The number of unbranched alkanes of at least 4 members (excludes halogenated alkanes) is 2. The van der Waals surface area contributed by atoms with Crippen LogP contribution in [-0.4, -0.2) is 24.6 Å². The molecule has 0 atom stereocenters. The van der Waals surface area contributed by atoms with E-state index in [1.165, 1.54) is 11.0 Å². The summed E-state index contributed by atoms with van der Waals surface area (Å²) in [6.07, 6.45) is 6.54. The smallest absolute Gasteiger partial charge is 0.343 e. The maximum absolute atomic E-state index is 12.5. The molecule has 0 saturated heterocycles. The van der Waals surface area contributed by atoms with Crippen LogP contribution in [0.3, 0.4) is 0 Å². The van der Waals surface area contributed by atoms with Gasteiger partial charge in [-0.3, -0.25) is 4.79 Å². The maximum atomic E-state index is 12.5. The lowest BCUT2D eigenvalue weighted by Crippen LogP contribution is -2.08. The molecule has 3 aromatic carbocycles. The molecule has 0 unspecified atom stereocenters. The molecule has 0 saturated carbocycles. The van der Waals surface area contributed by atoms with Crippen molar-refractivity contribution < 1.29 is 19.1 Å². The highest BCUT2D eigenvalue weighted by molar-refractivity contribution is 7.98. The van der Waals surface area contributed by atoms with E-state index in [0.717, 1.165) is 30.4 Å². The second-order valence-corrected chi connectivity index (χ2v) is 8.63. The first-order valence-corrected chi connectivity index (χ1v) is 12.7. The first-order chi connectivity index (χ1) is 17.1. The summed E-state index contributed by atoms with van der Waals surface area (Å²) >= 11 is 1.70. The lowest BCUT2D eigenvalue weighted by atomic mass is 10.1. The molecule has 4 nitrogen and oxygen atoms in total. The Bertz CT molecular complexity index is 1180. The number of allylic oxidation sites excluding steroid dienone is 1. The quantitative estimate of drug-likeness (QED) is 0.0755. The van der Waals surface area contributed by atoms with E-state index in [-0.39, 0.29) is 5.78 Å². The van der Waals surface area contributed by atoms with Gasteiger partial charge in [-0.15, -0.1) is 11.8 Å². The molecule has 0 spiro atoms. The van der Waals surface area contributed by atoms with E-state index in [1.54, 1.807) is 48.2 Å². The zero-order chi connectivity index (χ0) is 24.9. The maximum Gasteiger partial charge on any atom is 0.343 e. The van der Waals surface area contributed by atoms with E-state index < -0.39 is 5.97 Å². The molecule has 5 heteroatoms. The summed E-state index contributed by atoms with van der Waals surface area (Å²) in [5.41, 5.74) is 2.23. The fraction of sp³-hybridized carbons (Fsp3) is 0.200. The highest BCUT2D eigenvalue weighted by Crippen LogP contribution is 2.18. The molecule has 0 radical (unpaired) electrons. The molecule has 3 rings (SSSR count). The summed E-state index contributed by atoms with van der Waals surface area (Å²) in [6, 6.07) is 22.1. The van der Waals surface area contributed by atoms with Gasteiger partial charge in [0.1, 0.15) is 11.5 Å². The first-order valence-electron chi connectivity index (χ1n) is 11.4. The molecular weight excluding hydrogens is 456 g/mol. The Morgan fingerprint density at radius 2 is 1.43 bits per heavy atom. The largest absolute Gasteiger partial charge is 0.494 e. The molecule has 0 heterocycles. The van der Waals surface area contributed by atoms with Crippen LogP contribution in [-0.2, 0) is 4.79 Å². The van der Waals surface area contributed by atoms with Gasteiger partial charge in [-0.2, -0.15) is 0 Å². The minimum Gasteiger partial charge on any atom is -0.494 e. The SMILES string of the molecule is C=CC(=O)CCCCCOc1ccc(C(=O)Oc2ccc(C#Cc3ccc(SC)cc3)cc2)cc1. The van der Waals surface area contributed by atoms with Crippen LogP contribution in [0.25, 0.3) is 0 Å². The number of benzene rings is 3. The molecule has 0 bridgehead atoms. The third-order valence-electron chi connectivity index (χ3n) is 5.16. The van der Waals surface area contributed by atoms with Gasteiger partial charge in [-0.25, -0.2) is 4.79 Å². The lowest BCUT2D eigenvalue weighted by molar-refractivity contribution is -0.114. The van der Waals surface area contributed by atoms with Crippen molar-refractivity contribution in [3.8, 4) is 23.3 Å². The molecule has 0 aromatic heterocycles. The van der Waals surface area contributed by atoms with E-state index in [0.29, 0.717) is 30.1 Å². The Morgan fingerprint density at radius 3 is 2.03 bits per heavy atom. The van der Waals surface area contributed by atoms with Crippen LogP contribution in [0.5, 0.6) is 11.5 Å². The zero-order valence-corrected chi connectivity index (χ0v) is 20.6. The van der Waals surface area contributed by atoms with Gasteiger partial charge in [0.25, 0.3) is 0 Å². The standard InChI is InChI=1S/C30H28O4S/c1-3-26(31)7-5-4-6-22-33-27-18-14-25(15-19-27)30(32)34-28-16-10-23(11-17-28)8-9-24-12-20-29(35-2)21-13-24/h3,10-21H,1,4-7,22H2,2H3. The van der Waals surface area contributed by atoms with Crippen LogP contribution in [0.15, 0.2) is 90.3 Å². The van der Waals surface area contributed by atoms with Crippen molar-refractivity contribution in [3.05, 3.63) is 102 Å². The summed E-state index contributed by atoms with van der Waals surface area (Å²) < 4.78 is 11.2. The van der Waals surface area contributed by atoms with Crippen molar-refractivity contribution in [3.63, 3.8) is 0 Å². The minimum atomic E-state index is -0.434. The van der Waals surface area contributed by atoms with Crippen LogP contribution in [0.2, 0.25) is 0 Å². The van der Waals surface area contributed by atoms with Crippen molar-refractivity contribution in [1.82, 2.24) is 0 Å². The Labute approximate surface area is 211 Å². The molecule has 0 aliphatic heterocycles. The van der Waals surface area contributed by atoms with Crippen molar-refractivity contribution in [1.29, 1.82) is 0 Å². The second kappa shape index (κ2) is 13.8. The summed E-state index contributed by atoms with van der Waals surface area (Å²) in [5, 5.41) is 0. The Balaban J connectivity index is 1.45. The van der Waals surface area contributed by atoms with Gasteiger partial charge >= 0.3 is 5.97 Å². The number of esters is 1.